The van der Waals surface area contributed by atoms with Crippen molar-refractivity contribution in [3.05, 3.63) is 0 Å². The van der Waals surface area contributed by atoms with Gasteiger partial charge in [-0.25, -0.2) is 0 Å². The van der Waals surface area contributed by atoms with Crippen LogP contribution in [0, 0.1) is 11.8 Å². The van der Waals surface area contributed by atoms with Crippen LogP contribution in [0.5, 0.6) is 0 Å². The second kappa shape index (κ2) is 8.40. The van der Waals surface area contributed by atoms with Gasteiger partial charge in [0.2, 0.25) is 11.8 Å². The molecule has 21 heavy (non-hydrogen) atoms. The Morgan fingerprint density at radius 1 is 1.05 bits per heavy atom. The highest BCUT2D eigenvalue weighted by Crippen LogP contribution is 2.24. The number of rotatable bonds is 5. The van der Waals surface area contributed by atoms with Crippen LogP contribution in [0.3, 0.4) is 0 Å². The minimum absolute atomic E-state index is 0.0829. The summed E-state index contributed by atoms with van der Waals surface area (Å²) in [6, 6.07) is 0. The van der Waals surface area contributed by atoms with Crippen molar-refractivity contribution in [3.63, 3.8) is 0 Å². The highest BCUT2D eigenvalue weighted by Gasteiger charge is 2.24. The summed E-state index contributed by atoms with van der Waals surface area (Å²) in [7, 11) is 0. The SMILES string of the molecule is CCC[C@@H]1CCCN(C(=O)CNC(=O)C2CCCC2)CC1. The maximum Gasteiger partial charge on any atom is 0.241 e. The Morgan fingerprint density at radius 3 is 2.52 bits per heavy atom. The minimum Gasteiger partial charge on any atom is -0.347 e. The van der Waals surface area contributed by atoms with E-state index in [1.54, 1.807) is 0 Å². The smallest absolute Gasteiger partial charge is 0.241 e. The Morgan fingerprint density at radius 2 is 1.81 bits per heavy atom. The van der Waals surface area contributed by atoms with Gasteiger partial charge in [-0.15, -0.1) is 0 Å². The number of carbonyl (C=O) groups is 2. The quantitative estimate of drug-likeness (QED) is 0.847. The Balaban J connectivity index is 1.71. The monoisotopic (exact) mass is 294 g/mol. The van der Waals surface area contributed by atoms with E-state index in [9.17, 15) is 9.59 Å². The van der Waals surface area contributed by atoms with Crippen LogP contribution in [0.1, 0.15) is 64.7 Å². The first-order valence-corrected chi connectivity index (χ1v) is 8.76. The molecule has 0 radical (unpaired) electrons. The molecule has 2 amide bonds. The lowest BCUT2D eigenvalue weighted by molar-refractivity contribution is -0.133. The van der Waals surface area contributed by atoms with Crippen LogP contribution in [0.25, 0.3) is 0 Å². The van der Waals surface area contributed by atoms with Gasteiger partial charge in [0.1, 0.15) is 0 Å². The normalized spacial score (nSPS) is 23.9. The van der Waals surface area contributed by atoms with Crippen molar-refractivity contribution in [2.75, 3.05) is 19.6 Å². The van der Waals surface area contributed by atoms with Gasteiger partial charge in [-0.05, 0) is 38.0 Å². The third-order valence-corrected chi connectivity index (χ3v) is 5.04. The van der Waals surface area contributed by atoms with Crippen LogP contribution in [0.15, 0.2) is 0 Å². The van der Waals surface area contributed by atoms with Crippen LogP contribution < -0.4 is 5.32 Å². The second-order valence-corrected chi connectivity index (χ2v) is 6.67. The molecular formula is C17H30N2O2. The molecule has 1 atom stereocenters. The Bertz CT molecular complexity index is 351. The summed E-state index contributed by atoms with van der Waals surface area (Å²) in [6.07, 6.45) is 10.3. The zero-order valence-corrected chi connectivity index (χ0v) is 13.4. The van der Waals surface area contributed by atoms with E-state index in [0.29, 0.717) is 0 Å². The molecule has 1 aliphatic heterocycles. The maximum absolute atomic E-state index is 12.2. The molecule has 1 saturated carbocycles. The van der Waals surface area contributed by atoms with Crippen molar-refractivity contribution in [3.8, 4) is 0 Å². The Labute approximate surface area is 128 Å². The van der Waals surface area contributed by atoms with Gasteiger partial charge in [0, 0.05) is 19.0 Å². The fourth-order valence-electron chi connectivity index (χ4n) is 3.72. The van der Waals surface area contributed by atoms with Crippen molar-refractivity contribution < 1.29 is 9.59 Å². The summed E-state index contributed by atoms with van der Waals surface area (Å²) in [4.78, 5) is 26.2. The van der Waals surface area contributed by atoms with Gasteiger partial charge in [-0.2, -0.15) is 0 Å². The van der Waals surface area contributed by atoms with Crippen LogP contribution in [0.4, 0.5) is 0 Å². The van der Waals surface area contributed by atoms with Crippen LogP contribution >= 0.6 is 0 Å². The van der Waals surface area contributed by atoms with E-state index in [1.807, 2.05) is 4.90 Å². The van der Waals surface area contributed by atoms with Crippen molar-refractivity contribution >= 4 is 11.8 Å². The lowest BCUT2D eigenvalue weighted by atomic mass is 9.96. The molecule has 120 valence electrons. The molecule has 1 aliphatic carbocycles. The molecule has 0 bridgehead atoms. The predicted octanol–water partition coefficient (Wildman–Crippen LogP) is 2.72. The molecule has 0 unspecified atom stereocenters. The molecule has 2 rings (SSSR count). The average Bonchev–Trinajstić information content (AvgIpc) is 2.92. The summed E-state index contributed by atoms with van der Waals surface area (Å²) in [5, 5.41) is 2.85. The van der Waals surface area contributed by atoms with E-state index in [1.165, 1.54) is 19.3 Å². The fraction of sp³-hybridized carbons (Fsp3) is 0.882. The summed E-state index contributed by atoms with van der Waals surface area (Å²) >= 11 is 0. The maximum atomic E-state index is 12.2. The highest BCUT2D eigenvalue weighted by atomic mass is 16.2. The Kier molecular flexibility index (Phi) is 6.52. The number of hydrogen-bond donors (Lipinski definition) is 1. The molecule has 0 aromatic heterocycles. The summed E-state index contributed by atoms with van der Waals surface area (Å²) in [5.74, 6) is 1.11. The average molecular weight is 294 g/mol. The summed E-state index contributed by atoms with van der Waals surface area (Å²) in [5.41, 5.74) is 0. The van der Waals surface area contributed by atoms with Gasteiger partial charge in [-0.1, -0.05) is 32.6 Å². The first kappa shape index (κ1) is 16.3. The molecule has 1 N–H and O–H groups in total. The van der Waals surface area contributed by atoms with Crippen molar-refractivity contribution in [2.45, 2.75) is 64.7 Å². The third kappa shape index (κ3) is 5.01. The zero-order valence-electron chi connectivity index (χ0n) is 13.4. The first-order chi connectivity index (χ1) is 10.2. The molecular weight excluding hydrogens is 264 g/mol. The highest BCUT2D eigenvalue weighted by molar-refractivity contribution is 5.85. The number of carbonyl (C=O) groups excluding carboxylic acids is 2. The van der Waals surface area contributed by atoms with Crippen LogP contribution in [0.2, 0.25) is 0 Å². The fourth-order valence-corrected chi connectivity index (χ4v) is 3.72. The van der Waals surface area contributed by atoms with Crippen molar-refractivity contribution in [1.29, 1.82) is 0 Å². The zero-order chi connectivity index (χ0) is 15.1. The number of likely N-dealkylation sites (tertiary alicyclic amines) is 1. The van der Waals surface area contributed by atoms with Crippen molar-refractivity contribution in [1.82, 2.24) is 10.2 Å². The topological polar surface area (TPSA) is 49.4 Å². The van der Waals surface area contributed by atoms with E-state index in [4.69, 9.17) is 0 Å². The minimum atomic E-state index is 0.0829. The molecule has 0 aromatic carbocycles. The molecule has 1 heterocycles. The second-order valence-electron chi connectivity index (χ2n) is 6.67. The van der Waals surface area contributed by atoms with Gasteiger partial charge >= 0.3 is 0 Å². The molecule has 2 aliphatic rings. The molecule has 4 nitrogen and oxygen atoms in total. The van der Waals surface area contributed by atoms with Gasteiger partial charge in [-0.3, -0.25) is 9.59 Å². The van der Waals surface area contributed by atoms with Gasteiger partial charge < -0.3 is 10.2 Å². The van der Waals surface area contributed by atoms with E-state index in [2.05, 4.69) is 12.2 Å². The van der Waals surface area contributed by atoms with Gasteiger partial charge in [0.05, 0.1) is 6.54 Å². The van der Waals surface area contributed by atoms with E-state index in [0.717, 1.165) is 57.5 Å². The number of nitrogens with one attached hydrogen (secondary N) is 1. The van der Waals surface area contributed by atoms with E-state index < -0.39 is 0 Å². The largest absolute Gasteiger partial charge is 0.347 e. The van der Waals surface area contributed by atoms with Crippen LogP contribution in [-0.4, -0.2) is 36.3 Å². The molecule has 1 saturated heterocycles. The lowest BCUT2D eigenvalue weighted by Gasteiger charge is -2.21. The standard InChI is InChI=1S/C17H30N2O2/c1-2-6-14-7-5-11-19(12-10-14)16(20)13-18-17(21)15-8-3-4-9-15/h14-15H,2-13H2,1H3,(H,18,21)/t14-/m1/s1. The van der Waals surface area contributed by atoms with Gasteiger partial charge in [0.15, 0.2) is 0 Å². The van der Waals surface area contributed by atoms with E-state index in [-0.39, 0.29) is 24.3 Å². The number of nitrogens with zero attached hydrogens (tertiary/aromatic N) is 1. The molecule has 4 heteroatoms. The third-order valence-electron chi connectivity index (χ3n) is 5.04. The number of hydrogen-bond acceptors (Lipinski definition) is 2. The van der Waals surface area contributed by atoms with E-state index >= 15 is 0 Å². The molecule has 2 fully saturated rings. The summed E-state index contributed by atoms with van der Waals surface area (Å²) < 4.78 is 0. The number of amides is 2. The van der Waals surface area contributed by atoms with Gasteiger partial charge in [0.25, 0.3) is 0 Å². The molecule has 0 spiro atoms. The summed E-state index contributed by atoms with van der Waals surface area (Å²) in [6.45, 7) is 4.14. The lowest BCUT2D eigenvalue weighted by Crippen LogP contribution is -2.42. The van der Waals surface area contributed by atoms with Crippen molar-refractivity contribution in [2.24, 2.45) is 11.8 Å². The Hall–Kier alpha value is -1.06. The first-order valence-electron chi connectivity index (χ1n) is 8.76. The molecule has 0 aromatic rings. The van der Waals surface area contributed by atoms with Crippen LogP contribution in [-0.2, 0) is 9.59 Å². The predicted molar refractivity (Wildman–Crippen MR) is 83.8 cm³/mol.